The maximum absolute atomic E-state index is 12.6. The second-order valence-corrected chi connectivity index (χ2v) is 6.57. The van der Waals surface area contributed by atoms with Gasteiger partial charge >= 0.3 is 0 Å². The molecule has 2 aromatic carbocycles. The second kappa shape index (κ2) is 5.35. The van der Waals surface area contributed by atoms with Crippen LogP contribution in [-0.2, 0) is 10.2 Å². The molecular formula is C16H14BrClN2O. The number of hydrogen-bond donors (Lipinski definition) is 2. The number of hydrogen-bond acceptors (Lipinski definition) is 2. The minimum Gasteiger partial charge on any atom is -0.399 e. The lowest BCUT2D eigenvalue weighted by Crippen LogP contribution is -2.27. The van der Waals surface area contributed by atoms with Crippen molar-refractivity contribution >= 4 is 44.8 Å². The van der Waals surface area contributed by atoms with E-state index in [1.807, 2.05) is 24.3 Å². The first-order valence-electron chi connectivity index (χ1n) is 6.64. The third-order valence-electron chi connectivity index (χ3n) is 3.83. The predicted molar refractivity (Wildman–Crippen MR) is 89.5 cm³/mol. The van der Waals surface area contributed by atoms with Gasteiger partial charge < -0.3 is 11.1 Å². The average Bonchev–Trinajstić information content (AvgIpc) is 3.24. The zero-order valence-electron chi connectivity index (χ0n) is 11.2. The lowest BCUT2D eigenvalue weighted by Gasteiger charge is -2.17. The Hall–Kier alpha value is -1.52. The van der Waals surface area contributed by atoms with Gasteiger partial charge in [0.2, 0.25) is 5.91 Å². The van der Waals surface area contributed by atoms with E-state index in [9.17, 15) is 4.79 Å². The Morgan fingerprint density at radius 1 is 1.19 bits per heavy atom. The van der Waals surface area contributed by atoms with Crippen LogP contribution < -0.4 is 11.1 Å². The molecular weight excluding hydrogens is 352 g/mol. The van der Waals surface area contributed by atoms with Gasteiger partial charge in [-0.05, 0) is 64.7 Å². The molecule has 3 rings (SSSR count). The molecule has 1 aliphatic carbocycles. The number of amides is 1. The number of halogens is 2. The number of benzene rings is 2. The zero-order valence-corrected chi connectivity index (χ0v) is 13.5. The molecule has 0 unspecified atom stereocenters. The Balaban J connectivity index is 1.83. The smallest absolute Gasteiger partial charge is 0.235 e. The van der Waals surface area contributed by atoms with Crippen LogP contribution in [0.1, 0.15) is 18.4 Å². The molecule has 0 heterocycles. The Morgan fingerprint density at radius 3 is 2.43 bits per heavy atom. The summed E-state index contributed by atoms with van der Waals surface area (Å²) in [7, 11) is 0. The second-order valence-electron chi connectivity index (χ2n) is 5.28. The molecule has 3 N–H and O–H groups in total. The van der Waals surface area contributed by atoms with E-state index in [0.717, 1.165) is 28.6 Å². The van der Waals surface area contributed by atoms with Gasteiger partial charge in [0, 0.05) is 15.2 Å². The molecule has 1 saturated carbocycles. The maximum Gasteiger partial charge on any atom is 0.235 e. The topological polar surface area (TPSA) is 55.1 Å². The van der Waals surface area contributed by atoms with Crippen molar-refractivity contribution in [3.8, 4) is 0 Å². The number of anilines is 2. The van der Waals surface area contributed by atoms with Crippen molar-refractivity contribution < 1.29 is 4.79 Å². The van der Waals surface area contributed by atoms with Crippen LogP contribution in [0.3, 0.4) is 0 Å². The molecule has 2 aromatic rings. The molecule has 108 valence electrons. The zero-order chi connectivity index (χ0) is 15.0. The van der Waals surface area contributed by atoms with Crippen molar-refractivity contribution in [2.45, 2.75) is 18.3 Å². The first-order valence-corrected chi connectivity index (χ1v) is 7.81. The van der Waals surface area contributed by atoms with Gasteiger partial charge in [-0.3, -0.25) is 4.79 Å². The Kier molecular flexibility index (Phi) is 3.68. The SMILES string of the molecule is Nc1ccc(C2(C(=O)Nc3ccc(Cl)cc3Br)CC2)cc1. The van der Waals surface area contributed by atoms with Crippen LogP contribution in [-0.4, -0.2) is 5.91 Å². The molecule has 3 nitrogen and oxygen atoms in total. The van der Waals surface area contributed by atoms with E-state index in [0.29, 0.717) is 10.7 Å². The van der Waals surface area contributed by atoms with Crippen molar-refractivity contribution in [2.75, 3.05) is 11.1 Å². The Bertz CT molecular complexity index is 696. The number of carbonyl (C=O) groups excluding carboxylic acids is 1. The van der Waals surface area contributed by atoms with Crippen molar-refractivity contribution in [1.29, 1.82) is 0 Å². The van der Waals surface area contributed by atoms with Gasteiger partial charge in [-0.25, -0.2) is 0 Å². The standard InChI is InChI=1S/C16H14BrClN2O/c17-13-9-11(18)3-6-14(13)20-15(21)16(7-8-16)10-1-4-12(19)5-2-10/h1-6,9H,7-8,19H2,(H,20,21). The third-order valence-corrected chi connectivity index (χ3v) is 4.72. The largest absolute Gasteiger partial charge is 0.399 e. The first kappa shape index (κ1) is 14.4. The summed E-state index contributed by atoms with van der Waals surface area (Å²) >= 11 is 9.32. The fourth-order valence-corrected chi connectivity index (χ4v) is 3.19. The van der Waals surface area contributed by atoms with Crippen LogP contribution in [0, 0.1) is 0 Å². The van der Waals surface area contributed by atoms with Gasteiger partial charge in [0.1, 0.15) is 0 Å². The van der Waals surface area contributed by atoms with Gasteiger partial charge in [0.15, 0.2) is 0 Å². The van der Waals surface area contributed by atoms with Gasteiger partial charge in [-0.15, -0.1) is 0 Å². The highest BCUT2D eigenvalue weighted by Crippen LogP contribution is 2.49. The Labute approximate surface area is 136 Å². The average molecular weight is 366 g/mol. The summed E-state index contributed by atoms with van der Waals surface area (Å²) in [6, 6.07) is 12.8. The van der Waals surface area contributed by atoms with Crippen molar-refractivity contribution in [1.82, 2.24) is 0 Å². The fraction of sp³-hybridized carbons (Fsp3) is 0.188. The lowest BCUT2D eigenvalue weighted by molar-refractivity contribution is -0.118. The van der Waals surface area contributed by atoms with Crippen molar-refractivity contribution in [3.05, 3.63) is 57.5 Å². The van der Waals surface area contributed by atoms with Gasteiger partial charge in [-0.2, -0.15) is 0 Å². The fourth-order valence-electron chi connectivity index (χ4n) is 2.41. The van der Waals surface area contributed by atoms with Crippen LogP contribution in [0.25, 0.3) is 0 Å². The monoisotopic (exact) mass is 364 g/mol. The molecule has 0 bridgehead atoms. The molecule has 1 amide bonds. The quantitative estimate of drug-likeness (QED) is 0.794. The minimum absolute atomic E-state index is 0.00953. The van der Waals surface area contributed by atoms with E-state index >= 15 is 0 Å². The molecule has 0 aliphatic heterocycles. The summed E-state index contributed by atoms with van der Waals surface area (Å²) in [4.78, 5) is 12.6. The van der Waals surface area contributed by atoms with Crippen LogP contribution in [0.15, 0.2) is 46.9 Å². The first-order chi connectivity index (χ1) is 10.0. The van der Waals surface area contributed by atoms with E-state index in [1.165, 1.54) is 0 Å². The van der Waals surface area contributed by atoms with Crippen LogP contribution >= 0.6 is 27.5 Å². The van der Waals surface area contributed by atoms with E-state index in [4.69, 9.17) is 17.3 Å². The number of nitrogen functional groups attached to an aromatic ring is 1. The molecule has 0 radical (unpaired) electrons. The highest BCUT2D eigenvalue weighted by atomic mass is 79.9. The summed E-state index contributed by atoms with van der Waals surface area (Å²) in [5.41, 5.74) is 7.73. The van der Waals surface area contributed by atoms with Crippen LogP contribution in [0.4, 0.5) is 11.4 Å². The highest BCUT2D eigenvalue weighted by Gasteiger charge is 2.51. The van der Waals surface area contributed by atoms with Crippen molar-refractivity contribution in [3.63, 3.8) is 0 Å². The molecule has 0 atom stereocenters. The summed E-state index contributed by atoms with van der Waals surface area (Å²) in [6.07, 6.45) is 1.71. The molecule has 0 spiro atoms. The molecule has 1 fully saturated rings. The predicted octanol–water partition coefficient (Wildman–Crippen LogP) is 4.36. The maximum atomic E-state index is 12.6. The molecule has 1 aliphatic rings. The highest BCUT2D eigenvalue weighted by molar-refractivity contribution is 9.10. The van der Waals surface area contributed by atoms with Crippen molar-refractivity contribution in [2.24, 2.45) is 0 Å². The van der Waals surface area contributed by atoms with Crippen LogP contribution in [0.5, 0.6) is 0 Å². The number of nitrogens with one attached hydrogen (secondary N) is 1. The number of rotatable bonds is 3. The molecule has 5 heteroatoms. The summed E-state index contributed by atoms with van der Waals surface area (Å²) in [5, 5.41) is 3.60. The van der Waals surface area contributed by atoms with E-state index in [2.05, 4.69) is 21.2 Å². The Morgan fingerprint density at radius 2 is 1.86 bits per heavy atom. The molecule has 0 saturated heterocycles. The number of carbonyl (C=O) groups is 1. The van der Waals surface area contributed by atoms with E-state index < -0.39 is 5.41 Å². The molecule has 21 heavy (non-hydrogen) atoms. The van der Waals surface area contributed by atoms with E-state index in [-0.39, 0.29) is 5.91 Å². The summed E-state index contributed by atoms with van der Waals surface area (Å²) in [5.74, 6) is 0.00953. The van der Waals surface area contributed by atoms with Gasteiger partial charge in [0.25, 0.3) is 0 Å². The normalized spacial score (nSPS) is 15.5. The van der Waals surface area contributed by atoms with E-state index in [1.54, 1.807) is 18.2 Å². The summed E-state index contributed by atoms with van der Waals surface area (Å²) in [6.45, 7) is 0. The number of nitrogens with two attached hydrogens (primary N) is 1. The van der Waals surface area contributed by atoms with Gasteiger partial charge in [0.05, 0.1) is 11.1 Å². The molecule has 0 aromatic heterocycles. The lowest BCUT2D eigenvalue weighted by atomic mass is 9.94. The minimum atomic E-state index is -0.424. The third kappa shape index (κ3) is 2.78. The van der Waals surface area contributed by atoms with Crippen LogP contribution in [0.2, 0.25) is 5.02 Å². The van der Waals surface area contributed by atoms with Gasteiger partial charge in [-0.1, -0.05) is 23.7 Å². The summed E-state index contributed by atoms with van der Waals surface area (Å²) < 4.78 is 0.774.